The number of anilines is 1. The highest BCUT2D eigenvalue weighted by Crippen LogP contribution is 2.34. The zero-order valence-electron chi connectivity index (χ0n) is 12.6. The van der Waals surface area contributed by atoms with E-state index in [1.165, 1.54) is 30.4 Å². The number of hydrogen-bond donors (Lipinski definition) is 1. The van der Waals surface area contributed by atoms with Gasteiger partial charge >= 0.3 is 0 Å². The van der Waals surface area contributed by atoms with Crippen molar-refractivity contribution in [2.45, 2.75) is 51.6 Å². The monoisotopic (exact) mass is 262 g/mol. The minimum atomic E-state index is 0.269. The molecular weight excluding hydrogens is 236 g/mol. The summed E-state index contributed by atoms with van der Waals surface area (Å²) in [5.74, 6) is 0.948. The molecule has 0 spiro atoms. The number of methoxy groups -OCH3 is 1. The van der Waals surface area contributed by atoms with Gasteiger partial charge in [-0.3, -0.25) is 0 Å². The van der Waals surface area contributed by atoms with Crippen molar-refractivity contribution in [3.8, 4) is 5.75 Å². The Bertz CT molecular complexity index is 445. The molecule has 106 valence electrons. The van der Waals surface area contributed by atoms with Gasteiger partial charge in [-0.2, -0.15) is 0 Å². The zero-order valence-corrected chi connectivity index (χ0v) is 12.6. The largest absolute Gasteiger partial charge is 0.495 e. The van der Waals surface area contributed by atoms with Crippen LogP contribution < -0.4 is 15.4 Å². The Morgan fingerprint density at radius 3 is 2.42 bits per heavy atom. The Morgan fingerprint density at radius 2 is 1.79 bits per heavy atom. The molecule has 0 heterocycles. The maximum Gasteiger partial charge on any atom is 0.142 e. The maximum atomic E-state index is 6.29. The maximum absolute atomic E-state index is 6.29. The van der Waals surface area contributed by atoms with Gasteiger partial charge in [0.15, 0.2) is 0 Å². The van der Waals surface area contributed by atoms with Crippen molar-refractivity contribution in [1.82, 2.24) is 0 Å². The number of rotatable bonds is 3. The van der Waals surface area contributed by atoms with E-state index in [9.17, 15) is 0 Å². The van der Waals surface area contributed by atoms with Crippen LogP contribution in [0.1, 0.15) is 36.8 Å². The van der Waals surface area contributed by atoms with Crippen molar-refractivity contribution < 1.29 is 4.74 Å². The van der Waals surface area contributed by atoms with Crippen molar-refractivity contribution >= 4 is 5.69 Å². The van der Waals surface area contributed by atoms with Crippen LogP contribution in [0.2, 0.25) is 0 Å². The molecular formula is C16H26N2O. The molecule has 0 aromatic heterocycles. The summed E-state index contributed by atoms with van der Waals surface area (Å²) >= 11 is 0. The number of likely N-dealkylation sites (N-methyl/N-ethyl adjacent to an activating group) is 1. The summed E-state index contributed by atoms with van der Waals surface area (Å²) in [5.41, 5.74) is 10.0. The second kappa shape index (κ2) is 5.83. The second-order valence-corrected chi connectivity index (χ2v) is 5.73. The molecule has 2 N–H and O–H groups in total. The average molecular weight is 262 g/mol. The lowest BCUT2D eigenvalue weighted by atomic mass is 9.89. The quantitative estimate of drug-likeness (QED) is 0.910. The van der Waals surface area contributed by atoms with Crippen LogP contribution in [0.5, 0.6) is 5.75 Å². The van der Waals surface area contributed by atoms with E-state index >= 15 is 0 Å². The first kappa shape index (κ1) is 14.2. The lowest BCUT2D eigenvalue weighted by Crippen LogP contribution is -2.48. The SMILES string of the molecule is COc1cc(C)c(C)cc1N(C)C1CCCCC1N. The average Bonchev–Trinajstić information content (AvgIpc) is 2.41. The van der Waals surface area contributed by atoms with Crippen molar-refractivity contribution in [2.24, 2.45) is 5.73 Å². The summed E-state index contributed by atoms with van der Waals surface area (Å²) in [7, 11) is 3.88. The summed E-state index contributed by atoms with van der Waals surface area (Å²) in [6.45, 7) is 4.26. The van der Waals surface area contributed by atoms with Crippen molar-refractivity contribution in [2.75, 3.05) is 19.1 Å². The van der Waals surface area contributed by atoms with Gasteiger partial charge in [-0.1, -0.05) is 12.8 Å². The summed E-state index contributed by atoms with van der Waals surface area (Å²) < 4.78 is 5.55. The number of hydrogen-bond acceptors (Lipinski definition) is 3. The lowest BCUT2D eigenvalue weighted by molar-refractivity contribution is 0.367. The van der Waals surface area contributed by atoms with E-state index in [2.05, 4.69) is 37.9 Å². The summed E-state index contributed by atoms with van der Waals surface area (Å²) in [6, 6.07) is 5.03. The standard InChI is InChI=1S/C16H26N2O/c1-11-9-15(16(19-4)10-12(11)2)18(3)14-8-6-5-7-13(14)17/h9-10,13-14H,5-8,17H2,1-4H3. The van der Waals surface area contributed by atoms with E-state index in [0.717, 1.165) is 17.9 Å². The molecule has 19 heavy (non-hydrogen) atoms. The van der Waals surface area contributed by atoms with Crippen LogP contribution in [-0.2, 0) is 0 Å². The number of nitrogens with zero attached hydrogens (tertiary/aromatic N) is 1. The fraction of sp³-hybridized carbons (Fsp3) is 0.625. The zero-order chi connectivity index (χ0) is 14.0. The molecule has 1 aliphatic rings. The van der Waals surface area contributed by atoms with Crippen LogP contribution in [0.15, 0.2) is 12.1 Å². The predicted octanol–water partition coefficient (Wildman–Crippen LogP) is 3.02. The van der Waals surface area contributed by atoms with Crippen LogP contribution in [0.4, 0.5) is 5.69 Å². The van der Waals surface area contributed by atoms with Gasteiger partial charge in [0.25, 0.3) is 0 Å². The van der Waals surface area contributed by atoms with Gasteiger partial charge < -0.3 is 15.4 Å². The molecule has 2 unspecified atom stereocenters. The molecule has 3 heteroatoms. The second-order valence-electron chi connectivity index (χ2n) is 5.73. The molecule has 2 rings (SSSR count). The van der Waals surface area contributed by atoms with Crippen LogP contribution in [-0.4, -0.2) is 26.2 Å². The Balaban J connectivity index is 2.31. The first-order valence-electron chi connectivity index (χ1n) is 7.18. The third-order valence-corrected chi connectivity index (χ3v) is 4.45. The number of nitrogens with two attached hydrogens (primary N) is 1. The highest BCUT2D eigenvalue weighted by molar-refractivity contribution is 5.62. The minimum absolute atomic E-state index is 0.269. The molecule has 0 saturated heterocycles. The van der Waals surface area contributed by atoms with Crippen LogP contribution in [0.25, 0.3) is 0 Å². The normalized spacial score (nSPS) is 23.2. The summed E-state index contributed by atoms with van der Waals surface area (Å²) in [6.07, 6.45) is 4.83. The highest BCUT2D eigenvalue weighted by atomic mass is 16.5. The molecule has 1 aliphatic carbocycles. The molecule has 1 aromatic rings. The first-order valence-corrected chi connectivity index (χ1v) is 7.18. The topological polar surface area (TPSA) is 38.5 Å². The molecule has 0 radical (unpaired) electrons. The Kier molecular flexibility index (Phi) is 4.35. The number of benzene rings is 1. The fourth-order valence-corrected chi connectivity index (χ4v) is 3.01. The molecule has 1 fully saturated rings. The van der Waals surface area contributed by atoms with Gasteiger partial charge in [0.1, 0.15) is 5.75 Å². The predicted molar refractivity (Wildman–Crippen MR) is 81.1 cm³/mol. The van der Waals surface area contributed by atoms with E-state index in [0.29, 0.717) is 6.04 Å². The summed E-state index contributed by atoms with van der Waals surface area (Å²) in [5, 5.41) is 0. The van der Waals surface area contributed by atoms with E-state index in [1.807, 2.05) is 0 Å². The van der Waals surface area contributed by atoms with E-state index in [1.54, 1.807) is 7.11 Å². The van der Waals surface area contributed by atoms with E-state index in [4.69, 9.17) is 10.5 Å². The fourth-order valence-electron chi connectivity index (χ4n) is 3.01. The molecule has 3 nitrogen and oxygen atoms in total. The van der Waals surface area contributed by atoms with Gasteiger partial charge in [0.05, 0.1) is 12.8 Å². The third-order valence-electron chi connectivity index (χ3n) is 4.45. The number of ether oxygens (including phenoxy) is 1. The Morgan fingerprint density at radius 1 is 1.16 bits per heavy atom. The molecule has 2 atom stereocenters. The smallest absolute Gasteiger partial charge is 0.142 e. The van der Waals surface area contributed by atoms with Crippen LogP contribution in [0, 0.1) is 13.8 Å². The molecule has 1 saturated carbocycles. The van der Waals surface area contributed by atoms with Crippen molar-refractivity contribution in [3.63, 3.8) is 0 Å². The molecule has 0 bridgehead atoms. The van der Waals surface area contributed by atoms with Gasteiger partial charge in [0, 0.05) is 19.1 Å². The van der Waals surface area contributed by atoms with E-state index in [-0.39, 0.29) is 6.04 Å². The molecule has 1 aromatic carbocycles. The lowest BCUT2D eigenvalue weighted by Gasteiger charge is -2.38. The van der Waals surface area contributed by atoms with Gasteiger partial charge in [-0.05, 0) is 49.9 Å². The Hall–Kier alpha value is -1.22. The first-order chi connectivity index (χ1) is 9.04. The van der Waals surface area contributed by atoms with Gasteiger partial charge in [0.2, 0.25) is 0 Å². The van der Waals surface area contributed by atoms with Crippen LogP contribution in [0.3, 0.4) is 0 Å². The molecule has 0 aliphatic heterocycles. The minimum Gasteiger partial charge on any atom is -0.495 e. The van der Waals surface area contributed by atoms with Crippen LogP contribution >= 0.6 is 0 Å². The molecule has 0 amide bonds. The third kappa shape index (κ3) is 2.86. The summed E-state index contributed by atoms with van der Waals surface area (Å²) in [4.78, 5) is 2.31. The van der Waals surface area contributed by atoms with Crippen molar-refractivity contribution in [1.29, 1.82) is 0 Å². The van der Waals surface area contributed by atoms with Gasteiger partial charge in [-0.15, -0.1) is 0 Å². The number of aryl methyl sites for hydroxylation is 2. The highest BCUT2D eigenvalue weighted by Gasteiger charge is 2.27. The van der Waals surface area contributed by atoms with Crippen molar-refractivity contribution in [3.05, 3.63) is 23.3 Å². The Labute approximate surface area is 116 Å². The van der Waals surface area contributed by atoms with Gasteiger partial charge in [-0.25, -0.2) is 0 Å². The van der Waals surface area contributed by atoms with E-state index < -0.39 is 0 Å².